The summed E-state index contributed by atoms with van der Waals surface area (Å²) in [4.78, 5) is 2.17. The van der Waals surface area contributed by atoms with E-state index in [4.69, 9.17) is 5.26 Å². The zero-order valence-corrected chi connectivity index (χ0v) is 12.2. The van der Waals surface area contributed by atoms with Gasteiger partial charge >= 0.3 is 0 Å². The number of piperidine rings is 1. The van der Waals surface area contributed by atoms with E-state index >= 15 is 0 Å². The number of likely N-dealkylation sites (tertiary alicyclic amines) is 1. The van der Waals surface area contributed by atoms with Gasteiger partial charge in [0.15, 0.2) is 0 Å². The molecule has 0 amide bonds. The first-order valence-electron chi connectivity index (χ1n) is 7.47. The molecule has 108 valence electrons. The van der Waals surface area contributed by atoms with Crippen LogP contribution in [0, 0.1) is 16.7 Å². The van der Waals surface area contributed by atoms with Gasteiger partial charge in [0.2, 0.25) is 0 Å². The van der Waals surface area contributed by atoms with Crippen LogP contribution in [0.2, 0.25) is 0 Å². The van der Waals surface area contributed by atoms with Crippen LogP contribution in [0.15, 0.2) is 30.3 Å². The van der Waals surface area contributed by atoms with E-state index in [1.54, 1.807) is 0 Å². The van der Waals surface area contributed by atoms with Gasteiger partial charge in [0.1, 0.15) is 6.17 Å². The van der Waals surface area contributed by atoms with Crippen molar-refractivity contribution >= 4 is 0 Å². The zero-order valence-electron chi connectivity index (χ0n) is 12.2. The van der Waals surface area contributed by atoms with Crippen molar-refractivity contribution in [3.8, 4) is 6.07 Å². The lowest BCUT2D eigenvalue weighted by Crippen LogP contribution is -2.48. The first-order chi connectivity index (χ1) is 9.70. The zero-order chi connectivity index (χ0) is 14.4. The predicted molar refractivity (Wildman–Crippen MR) is 78.8 cm³/mol. The number of hydrogen-bond acceptors (Lipinski definition) is 2. The molecule has 0 bridgehead atoms. The monoisotopic (exact) mass is 274 g/mol. The van der Waals surface area contributed by atoms with E-state index in [9.17, 15) is 4.39 Å². The molecule has 1 aliphatic heterocycles. The van der Waals surface area contributed by atoms with Crippen LogP contribution in [0.4, 0.5) is 4.39 Å². The van der Waals surface area contributed by atoms with Crippen LogP contribution in [-0.4, -0.2) is 24.2 Å². The maximum Gasteiger partial charge on any atom is 0.119 e. The minimum Gasteiger partial charge on any atom is -0.296 e. The van der Waals surface area contributed by atoms with Crippen LogP contribution >= 0.6 is 0 Å². The number of halogens is 1. The Morgan fingerprint density at radius 2 is 2.15 bits per heavy atom. The van der Waals surface area contributed by atoms with Crippen LogP contribution in [0.25, 0.3) is 0 Å². The molecule has 0 unspecified atom stereocenters. The average Bonchev–Trinajstić information content (AvgIpc) is 2.45. The second kappa shape index (κ2) is 6.85. The van der Waals surface area contributed by atoms with Gasteiger partial charge in [0.25, 0.3) is 0 Å². The van der Waals surface area contributed by atoms with E-state index in [0.29, 0.717) is 13.0 Å². The minimum atomic E-state index is -0.889. The largest absolute Gasteiger partial charge is 0.296 e. The number of nitrogens with zero attached hydrogens (tertiary/aromatic N) is 2. The van der Waals surface area contributed by atoms with Gasteiger partial charge in [-0.1, -0.05) is 43.7 Å². The summed E-state index contributed by atoms with van der Waals surface area (Å²) in [7, 11) is 0. The molecule has 1 aliphatic rings. The predicted octanol–water partition coefficient (Wildman–Crippen LogP) is 3.93. The fourth-order valence-electron chi connectivity index (χ4n) is 3.26. The third-order valence-electron chi connectivity index (χ3n) is 4.44. The first-order valence-corrected chi connectivity index (χ1v) is 7.47. The molecule has 1 aromatic carbocycles. The van der Waals surface area contributed by atoms with Crippen LogP contribution in [0.5, 0.6) is 0 Å². The molecule has 0 saturated carbocycles. The highest BCUT2D eigenvalue weighted by Gasteiger charge is 2.42. The number of rotatable bonds is 5. The van der Waals surface area contributed by atoms with E-state index in [1.807, 2.05) is 18.2 Å². The number of alkyl halides is 1. The molecule has 3 heteroatoms. The second-order valence-corrected chi connectivity index (χ2v) is 5.89. The van der Waals surface area contributed by atoms with Gasteiger partial charge in [-0.2, -0.15) is 5.26 Å². The minimum absolute atomic E-state index is 0.348. The highest BCUT2D eigenvalue weighted by Crippen LogP contribution is 2.41. The van der Waals surface area contributed by atoms with Gasteiger partial charge in [-0.05, 0) is 24.9 Å². The normalized spacial score (nSPS) is 27.1. The molecule has 1 fully saturated rings. The summed E-state index contributed by atoms with van der Waals surface area (Å²) in [5.41, 5.74) is 0.819. The first kappa shape index (κ1) is 15.0. The standard InChI is InChI=1S/C17H23FN2/c1-2-8-17(9-11-19)10-12-20(14-16(17)18)13-15-6-4-3-5-7-15/h3-7,16H,2,8-10,12-14H2,1H3/t16-,17+/m0/s1. The maximum atomic E-state index is 14.6. The Morgan fingerprint density at radius 3 is 2.75 bits per heavy atom. The summed E-state index contributed by atoms with van der Waals surface area (Å²) in [6.07, 6.45) is 2.02. The van der Waals surface area contributed by atoms with Crippen molar-refractivity contribution in [3.63, 3.8) is 0 Å². The lowest BCUT2D eigenvalue weighted by molar-refractivity contribution is -0.000316. The lowest BCUT2D eigenvalue weighted by atomic mass is 9.71. The van der Waals surface area contributed by atoms with Gasteiger partial charge in [-0.25, -0.2) is 4.39 Å². The van der Waals surface area contributed by atoms with Gasteiger partial charge in [-0.15, -0.1) is 0 Å². The van der Waals surface area contributed by atoms with Gasteiger partial charge in [0.05, 0.1) is 6.07 Å². The summed E-state index contributed by atoms with van der Waals surface area (Å²) in [5.74, 6) is 0. The van der Waals surface area contributed by atoms with Crippen LogP contribution in [0.1, 0.15) is 38.2 Å². The van der Waals surface area contributed by atoms with Crippen LogP contribution in [-0.2, 0) is 6.54 Å². The molecule has 2 atom stereocenters. The van der Waals surface area contributed by atoms with Gasteiger partial charge < -0.3 is 0 Å². The molecule has 2 rings (SSSR count). The van der Waals surface area contributed by atoms with Crippen molar-refractivity contribution in [1.29, 1.82) is 5.26 Å². The van der Waals surface area contributed by atoms with Crippen molar-refractivity contribution < 1.29 is 4.39 Å². The summed E-state index contributed by atoms with van der Waals surface area (Å²) >= 11 is 0. The molecule has 0 N–H and O–H groups in total. The fraction of sp³-hybridized carbons (Fsp3) is 0.588. The van der Waals surface area contributed by atoms with E-state index in [2.05, 4.69) is 30.0 Å². The second-order valence-electron chi connectivity index (χ2n) is 5.89. The Kier molecular flexibility index (Phi) is 5.14. The highest BCUT2D eigenvalue weighted by molar-refractivity contribution is 5.14. The third-order valence-corrected chi connectivity index (χ3v) is 4.44. The van der Waals surface area contributed by atoms with Crippen molar-refractivity contribution in [3.05, 3.63) is 35.9 Å². The molecule has 20 heavy (non-hydrogen) atoms. The molecule has 0 radical (unpaired) electrons. The third kappa shape index (κ3) is 3.37. The smallest absolute Gasteiger partial charge is 0.119 e. The Labute approximate surface area is 121 Å². The summed E-state index contributed by atoms with van der Waals surface area (Å²) in [5, 5.41) is 9.00. The molecule has 1 aromatic rings. The van der Waals surface area contributed by atoms with E-state index in [0.717, 1.165) is 32.4 Å². The Morgan fingerprint density at radius 1 is 1.40 bits per heavy atom. The average molecular weight is 274 g/mol. The van der Waals surface area contributed by atoms with Crippen molar-refractivity contribution in [2.45, 2.75) is 45.3 Å². The number of nitriles is 1. The molecular formula is C17H23FN2. The number of hydrogen-bond donors (Lipinski definition) is 0. The van der Waals surface area contributed by atoms with E-state index in [1.165, 1.54) is 5.56 Å². The summed E-state index contributed by atoms with van der Waals surface area (Å²) < 4.78 is 14.6. The lowest BCUT2D eigenvalue weighted by Gasteiger charge is -2.43. The van der Waals surface area contributed by atoms with E-state index in [-0.39, 0.29) is 0 Å². The Balaban J connectivity index is 1.99. The van der Waals surface area contributed by atoms with Crippen LogP contribution in [0.3, 0.4) is 0 Å². The molecule has 2 nitrogen and oxygen atoms in total. The van der Waals surface area contributed by atoms with Crippen molar-refractivity contribution in [2.24, 2.45) is 5.41 Å². The summed E-state index contributed by atoms with van der Waals surface area (Å²) in [6.45, 7) is 4.21. The molecule has 0 aliphatic carbocycles. The molecule has 0 aromatic heterocycles. The molecular weight excluding hydrogens is 251 g/mol. The van der Waals surface area contributed by atoms with Crippen LogP contribution < -0.4 is 0 Å². The SMILES string of the molecule is CCC[C@@]1(CC#N)CCN(Cc2ccccc2)C[C@@H]1F. The topological polar surface area (TPSA) is 27.0 Å². The maximum absolute atomic E-state index is 14.6. The summed E-state index contributed by atoms with van der Waals surface area (Å²) in [6, 6.07) is 12.4. The molecule has 1 heterocycles. The van der Waals surface area contributed by atoms with Crippen molar-refractivity contribution in [1.82, 2.24) is 4.90 Å². The molecule has 0 spiro atoms. The van der Waals surface area contributed by atoms with Crippen molar-refractivity contribution in [2.75, 3.05) is 13.1 Å². The fourth-order valence-corrected chi connectivity index (χ4v) is 3.26. The molecule has 1 saturated heterocycles. The van der Waals surface area contributed by atoms with Gasteiger partial charge in [0, 0.05) is 24.9 Å². The number of benzene rings is 1. The van der Waals surface area contributed by atoms with Gasteiger partial charge in [-0.3, -0.25) is 4.90 Å². The Bertz CT molecular complexity index is 454. The van der Waals surface area contributed by atoms with E-state index < -0.39 is 11.6 Å². The quantitative estimate of drug-likeness (QED) is 0.813. The highest BCUT2D eigenvalue weighted by atomic mass is 19.1. The Hall–Kier alpha value is -1.40.